The molecule has 0 aliphatic rings. The molecule has 0 saturated carbocycles. The Kier molecular flexibility index (Phi) is 4.85. The minimum atomic E-state index is -0.607. The first-order valence-electron chi connectivity index (χ1n) is 6.19. The van der Waals surface area contributed by atoms with Crippen molar-refractivity contribution in [3.05, 3.63) is 62.8 Å². The van der Waals surface area contributed by atoms with Crippen LogP contribution >= 0.6 is 27.5 Å². The van der Waals surface area contributed by atoms with E-state index in [9.17, 15) is 9.18 Å². The lowest BCUT2D eigenvalue weighted by Crippen LogP contribution is -2.13. The Morgan fingerprint density at radius 2 is 2.05 bits per heavy atom. The minimum Gasteiger partial charge on any atom is -0.378 e. The van der Waals surface area contributed by atoms with E-state index in [1.807, 2.05) is 6.92 Å². The number of amides is 1. The molecule has 2 rings (SSSR count). The van der Waals surface area contributed by atoms with E-state index in [1.54, 1.807) is 30.3 Å². The molecule has 0 fully saturated rings. The number of hydrogen-bond acceptors (Lipinski definition) is 2. The highest BCUT2D eigenvalue weighted by Gasteiger charge is 2.13. The van der Waals surface area contributed by atoms with Crippen LogP contribution in [-0.4, -0.2) is 5.91 Å². The molecule has 1 atom stereocenters. The highest BCUT2D eigenvalue weighted by molar-refractivity contribution is 9.10. The van der Waals surface area contributed by atoms with Gasteiger partial charge < -0.3 is 11.1 Å². The first-order chi connectivity index (χ1) is 9.88. The number of primary amides is 1. The molecule has 0 aromatic heterocycles. The number of halogens is 3. The predicted molar refractivity (Wildman–Crippen MR) is 86.1 cm³/mol. The average Bonchev–Trinajstić information content (AvgIpc) is 2.43. The number of anilines is 1. The summed E-state index contributed by atoms with van der Waals surface area (Å²) in [6.45, 7) is 1.82. The molecular weight excluding hydrogens is 359 g/mol. The van der Waals surface area contributed by atoms with Gasteiger partial charge in [-0.25, -0.2) is 4.39 Å². The quantitative estimate of drug-likeness (QED) is 0.830. The van der Waals surface area contributed by atoms with Crippen molar-refractivity contribution in [3.63, 3.8) is 0 Å². The molecule has 2 aromatic carbocycles. The smallest absolute Gasteiger partial charge is 0.250 e. The standard InChI is InChI=1S/C15H13BrClFN2O/c1-8(11-6-9(16)2-5-14(11)18)20-10-3-4-13(17)12(7-10)15(19)21/h2-8,20H,1H3,(H2,19,21). The monoisotopic (exact) mass is 370 g/mol. The number of benzene rings is 2. The Bertz CT molecular complexity index is 693. The first-order valence-corrected chi connectivity index (χ1v) is 7.36. The van der Waals surface area contributed by atoms with Gasteiger partial charge in [-0.05, 0) is 43.3 Å². The average molecular weight is 372 g/mol. The Morgan fingerprint density at radius 1 is 1.33 bits per heavy atom. The Balaban J connectivity index is 2.27. The highest BCUT2D eigenvalue weighted by atomic mass is 79.9. The van der Waals surface area contributed by atoms with Gasteiger partial charge in [0, 0.05) is 15.7 Å². The van der Waals surface area contributed by atoms with Gasteiger partial charge in [0.1, 0.15) is 5.82 Å². The molecule has 0 aliphatic heterocycles. The normalized spacial score (nSPS) is 12.0. The summed E-state index contributed by atoms with van der Waals surface area (Å²) in [6.07, 6.45) is 0. The van der Waals surface area contributed by atoms with Crippen LogP contribution in [0.4, 0.5) is 10.1 Å². The number of rotatable bonds is 4. The summed E-state index contributed by atoms with van der Waals surface area (Å²) < 4.78 is 14.6. The van der Waals surface area contributed by atoms with Crippen LogP contribution < -0.4 is 11.1 Å². The van der Waals surface area contributed by atoms with Crippen LogP contribution in [0.3, 0.4) is 0 Å². The third-order valence-corrected chi connectivity index (χ3v) is 3.86. The van der Waals surface area contributed by atoms with Gasteiger partial charge in [-0.2, -0.15) is 0 Å². The maximum Gasteiger partial charge on any atom is 0.250 e. The fourth-order valence-electron chi connectivity index (χ4n) is 1.98. The van der Waals surface area contributed by atoms with Crippen molar-refractivity contribution in [2.75, 3.05) is 5.32 Å². The molecule has 6 heteroatoms. The maximum absolute atomic E-state index is 13.8. The first kappa shape index (κ1) is 15.8. The molecule has 0 radical (unpaired) electrons. The van der Waals surface area contributed by atoms with Crippen LogP contribution in [0.1, 0.15) is 28.9 Å². The summed E-state index contributed by atoms with van der Waals surface area (Å²) in [5, 5.41) is 3.41. The van der Waals surface area contributed by atoms with Crippen LogP contribution in [0.25, 0.3) is 0 Å². The summed E-state index contributed by atoms with van der Waals surface area (Å²) in [5.74, 6) is -0.910. The van der Waals surface area contributed by atoms with Crippen LogP contribution in [0.2, 0.25) is 5.02 Å². The van der Waals surface area contributed by atoms with E-state index in [0.29, 0.717) is 11.3 Å². The van der Waals surface area contributed by atoms with Gasteiger partial charge in [-0.3, -0.25) is 4.79 Å². The summed E-state index contributed by atoms with van der Waals surface area (Å²) in [4.78, 5) is 11.3. The molecule has 3 N–H and O–H groups in total. The van der Waals surface area contributed by atoms with Gasteiger partial charge >= 0.3 is 0 Å². The number of carbonyl (C=O) groups excluding carboxylic acids is 1. The Labute approximate surface area is 135 Å². The summed E-state index contributed by atoms with van der Waals surface area (Å²) in [6, 6.07) is 9.29. The Morgan fingerprint density at radius 3 is 2.71 bits per heavy atom. The number of nitrogens with two attached hydrogens (primary N) is 1. The van der Waals surface area contributed by atoms with Gasteiger partial charge in [0.15, 0.2) is 0 Å². The van der Waals surface area contributed by atoms with Crippen LogP contribution in [0.15, 0.2) is 40.9 Å². The third kappa shape index (κ3) is 3.74. The topological polar surface area (TPSA) is 55.1 Å². The minimum absolute atomic E-state index is 0.226. The largest absolute Gasteiger partial charge is 0.378 e. The third-order valence-electron chi connectivity index (χ3n) is 3.04. The highest BCUT2D eigenvalue weighted by Crippen LogP contribution is 2.27. The van der Waals surface area contributed by atoms with E-state index in [-0.39, 0.29) is 22.4 Å². The second-order valence-corrected chi connectivity index (χ2v) is 5.91. The lowest BCUT2D eigenvalue weighted by atomic mass is 10.1. The van der Waals surface area contributed by atoms with Crippen LogP contribution in [0, 0.1) is 5.82 Å². The molecule has 0 spiro atoms. The number of carbonyl (C=O) groups is 1. The van der Waals surface area contributed by atoms with E-state index in [2.05, 4.69) is 21.2 Å². The molecule has 1 unspecified atom stereocenters. The summed E-state index contributed by atoms with van der Waals surface area (Å²) in [5.41, 5.74) is 6.63. The molecule has 2 aromatic rings. The van der Waals surface area contributed by atoms with Gasteiger partial charge in [0.2, 0.25) is 5.91 Å². The molecule has 0 saturated heterocycles. The van der Waals surface area contributed by atoms with Gasteiger partial charge in [0.05, 0.1) is 16.6 Å². The van der Waals surface area contributed by atoms with Crippen molar-refractivity contribution in [2.45, 2.75) is 13.0 Å². The SMILES string of the molecule is CC(Nc1ccc(Cl)c(C(N)=O)c1)c1cc(Br)ccc1F. The Hall–Kier alpha value is -1.59. The zero-order chi connectivity index (χ0) is 15.6. The lowest BCUT2D eigenvalue weighted by molar-refractivity contribution is 0.100. The second-order valence-electron chi connectivity index (χ2n) is 4.59. The van der Waals surface area contributed by atoms with E-state index in [0.717, 1.165) is 4.47 Å². The van der Waals surface area contributed by atoms with Gasteiger partial charge in [-0.1, -0.05) is 27.5 Å². The molecule has 110 valence electrons. The van der Waals surface area contributed by atoms with Crippen molar-refractivity contribution < 1.29 is 9.18 Å². The number of hydrogen-bond donors (Lipinski definition) is 2. The van der Waals surface area contributed by atoms with Crippen molar-refractivity contribution in [3.8, 4) is 0 Å². The fraction of sp³-hybridized carbons (Fsp3) is 0.133. The fourth-order valence-corrected chi connectivity index (χ4v) is 2.57. The van der Waals surface area contributed by atoms with Crippen molar-refractivity contribution in [1.82, 2.24) is 0 Å². The molecule has 21 heavy (non-hydrogen) atoms. The van der Waals surface area contributed by atoms with E-state index >= 15 is 0 Å². The van der Waals surface area contributed by atoms with Crippen molar-refractivity contribution in [1.29, 1.82) is 0 Å². The van der Waals surface area contributed by atoms with E-state index < -0.39 is 5.91 Å². The van der Waals surface area contributed by atoms with Gasteiger partial charge in [0.25, 0.3) is 0 Å². The maximum atomic E-state index is 13.8. The molecule has 0 aliphatic carbocycles. The van der Waals surface area contributed by atoms with Crippen molar-refractivity contribution >= 4 is 39.1 Å². The molecule has 3 nitrogen and oxygen atoms in total. The van der Waals surface area contributed by atoms with Crippen molar-refractivity contribution in [2.24, 2.45) is 5.73 Å². The zero-order valence-corrected chi connectivity index (χ0v) is 13.5. The summed E-state index contributed by atoms with van der Waals surface area (Å²) >= 11 is 9.21. The molecule has 0 bridgehead atoms. The van der Waals surface area contributed by atoms with E-state index in [1.165, 1.54) is 6.07 Å². The lowest BCUT2D eigenvalue weighted by Gasteiger charge is -2.17. The molecule has 0 heterocycles. The number of nitrogens with one attached hydrogen (secondary N) is 1. The van der Waals surface area contributed by atoms with Crippen LogP contribution in [-0.2, 0) is 0 Å². The summed E-state index contributed by atoms with van der Waals surface area (Å²) in [7, 11) is 0. The molecular formula is C15H13BrClFN2O. The molecule has 1 amide bonds. The second kappa shape index (κ2) is 6.45. The predicted octanol–water partition coefficient (Wildman–Crippen LogP) is 4.51. The zero-order valence-electron chi connectivity index (χ0n) is 11.2. The van der Waals surface area contributed by atoms with E-state index in [4.69, 9.17) is 17.3 Å². The van der Waals surface area contributed by atoms with Gasteiger partial charge in [-0.15, -0.1) is 0 Å². The van der Waals surface area contributed by atoms with Crippen LogP contribution in [0.5, 0.6) is 0 Å².